The number of nitro groups is 1. The highest BCUT2D eigenvalue weighted by atomic mass is 35.5. The Morgan fingerprint density at radius 1 is 1.44 bits per heavy atom. The molecule has 0 unspecified atom stereocenters. The maximum atomic E-state index is 11.0. The van der Waals surface area contributed by atoms with Gasteiger partial charge in [-0.15, -0.1) is 0 Å². The highest BCUT2D eigenvalue weighted by Crippen LogP contribution is 2.31. The van der Waals surface area contributed by atoms with Crippen LogP contribution in [0.3, 0.4) is 0 Å². The van der Waals surface area contributed by atoms with Crippen molar-refractivity contribution in [2.24, 2.45) is 0 Å². The van der Waals surface area contributed by atoms with Crippen LogP contribution in [0.5, 0.6) is 0 Å². The Hall–Kier alpha value is -1.33. The van der Waals surface area contributed by atoms with Gasteiger partial charge in [-0.3, -0.25) is 10.1 Å². The second-order valence-electron chi connectivity index (χ2n) is 4.19. The van der Waals surface area contributed by atoms with E-state index in [2.05, 4.69) is 5.32 Å². The number of anilines is 1. The van der Waals surface area contributed by atoms with Crippen molar-refractivity contribution >= 4 is 23.0 Å². The first-order chi connectivity index (χ1) is 8.48. The minimum Gasteiger partial charge on any atom is -0.394 e. The molecule has 0 spiro atoms. The third-order valence-corrected chi connectivity index (χ3v) is 3.45. The summed E-state index contributed by atoms with van der Waals surface area (Å²) >= 11 is 5.75. The van der Waals surface area contributed by atoms with Crippen molar-refractivity contribution in [3.05, 3.63) is 33.3 Å². The quantitative estimate of drug-likeness (QED) is 0.616. The lowest BCUT2D eigenvalue weighted by Gasteiger charge is -2.31. The van der Waals surface area contributed by atoms with Crippen LogP contribution in [-0.4, -0.2) is 22.2 Å². The van der Waals surface area contributed by atoms with Crippen LogP contribution < -0.4 is 5.32 Å². The van der Waals surface area contributed by atoms with Crippen LogP contribution in [0.4, 0.5) is 11.4 Å². The van der Waals surface area contributed by atoms with Gasteiger partial charge in [-0.2, -0.15) is 0 Å². The number of halogens is 1. The molecular weight excluding hydrogens is 256 g/mol. The number of nitrogens with zero attached hydrogens (tertiary/aromatic N) is 1. The van der Waals surface area contributed by atoms with Gasteiger partial charge in [0.1, 0.15) is 5.69 Å². The van der Waals surface area contributed by atoms with E-state index in [0.29, 0.717) is 23.6 Å². The number of benzene rings is 1. The van der Waals surface area contributed by atoms with E-state index in [9.17, 15) is 15.2 Å². The molecule has 0 fully saturated rings. The number of hydrogen-bond donors (Lipinski definition) is 2. The van der Waals surface area contributed by atoms with Gasteiger partial charge >= 0.3 is 0 Å². The molecule has 0 aliphatic heterocycles. The van der Waals surface area contributed by atoms with Crippen molar-refractivity contribution in [1.82, 2.24) is 0 Å². The Labute approximate surface area is 111 Å². The van der Waals surface area contributed by atoms with E-state index in [4.69, 9.17) is 11.6 Å². The van der Waals surface area contributed by atoms with Gasteiger partial charge < -0.3 is 10.4 Å². The molecule has 6 heteroatoms. The number of rotatable bonds is 6. The summed E-state index contributed by atoms with van der Waals surface area (Å²) < 4.78 is 0. The highest BCUT2D eigenvalue weighted by molar-refractivity contribution is 6.30. The molecule has 0 heterocycles. The summed E-state index contributed by atoms with van der Waals surface area (Å²) in [6.07, 6.45) is 1.33. The van der Waals surface area contributed by atoms with Crippen LogP contribution in [0.1, 0.15) is 26.7 Å². The normalized spacial score (nSPS) is 11.3. The fourth-order valence-electron chi connectivity index (χ4n) is 1.74. The smallest absolute Gasteiger partial charge is 0.293 e. The third kappa shape index (κ3) is 3.11. The van der Waals surface area contributed by atoms with Gasteiger partial charge in [-0.1, -0.05) is 25.4 Å². The Morgan fingerprint density at radius 2 is 2.06 bits per heavy atom. The van der Waals surface area contributed by atoms with Crippen LogP contribution in [0, 0.1) is 10.1 Å². The van der Waals surface area contributed by atoms with Gasteiger partial charge in [0.2, 0.25) is 0 Å². The van der Waals surface area contributed by atoms with E-state index in [1.165, 1.54) is 6.07 Å². The summed E-state index contributed by atoms with van der Waals surface area (Å²) in [7, 11) is 0. The summed E-state index contributed by atoms with van der Waals surface area (Å²) in [5.41, 5.74) is -0.247. The van der Waals surface area contributed by atoms with Gasteiger partial charge in [-0.25, -0.2) is 0 Å². The summed E-state index contributed by atoms with van der Waals surface area (Å²) in [5.74, 6) is 0. The standard InChI is InChI=1S/C12H17ClN2O3/c1-3-12(4-2,8-16)14-10-6-5-9(13)7-11(10)15(17)18/h5-7,14,16H,3-4,8H2,1-2H3. The minimum absolute atomic E-state index is 0.0813. The maximum Gasteiger partial charge on any atom is 0.293 e. The Morgan fingerprint density at radius 3 is 2.50 bits per heavy atom. The summed E-state index contributed by atoms with van der Waals surface area (Å²) in [6.45, 7) is 3.77. The van der Waals surface area contributed by atoms with Gasteiger partial charge in [0.05, 0.1) is 17.1 Å². The molecule has 0 saturated heterocycles. The molecule has 1 aromatic carbocycles. The lowest BCUT2D eigenvalue weighted by atomic mass is 9.93. The molecule has 0 aliphatic carbocycles. The van der Waals surface area contributed by atoms with Crippen molar-refractivity contribution in [1.29, 1.82) is 0 Å². The van der Waals surface area contributed by atoms with Crippen LogP contribution in [0.2, 0.25) is 5.02 Å². The summed E-state index contributed by atoms with van der Waals surface area (Å²) in [6, 6.07) is 4.46. The van der Waals surface area contributed by atoms with Gasteiger partial charge in [-0.05, 0) is 25.0 Å². The zero-order valence-electron chi connectivity index (χ0n) is 10.4. The van der Waals surface area contributed by atoms with E-state index in [0.717, 1.165) is 0 Å². The van der Waals surface area contributed by atoms with Crippen molar-refractivity contribution in [3.8, 4) is 0 Å². The van der Waals surface area contributed by atoms with Gasteiger partial charge in [0, 0.05) is 11.1 Å². The Kier molecular flexibility index (Phi) is 4.93. The molecule has 1 aromatic rings. The lowest BCUT2D eigenvalue weighted by molar-refractivity contribution is -0.384. The van der Waals surface area contributed by atoms with E-state index in [-0.39, 0.29) is 12.3 Å². The molecular formula is C12H17ClN2O3. The zero-order chi connectivity index (χ0) is 13.8. The molecule has 5 nitrogen and oxygen atoms in total. The summed E-state index contributed by atoms with van der Waals surface area (Å²) in [5, 5.41) is 23.8. The molecule has 0 aliphatic rings. The second-order valence-corrected chi connectivity index (χ2v) is 4.63. The molecule has 2 N–H and O–H groups in total. The fraction of sp³-hybridized carbons (Fsp3) is 0.500. The molecule has 0 aromatic heterocycles. The SMILES string of the molecule is CCC(CC)(CO)Nc1ccc(Cl)cc1[N+](=O)[O-]. The average molecular weight is 273 g/mol. The molecule has 0 saturated carbocycles. The van der Waals surface area contributed by atoms with Crippen LogP contribution in [0.25, 0.3) is 0 Å². The monoisotopic (exact) mass is 272 g/mol. The molecule has 100 valence electrons. The van der Waals surface area contributed by atoms with E-state index >= 15 is 0 Å². The van der Waals surface area contributed by atoms with Crippen LogP contribution in [0.15, 0.2) is 18.2 Å². The van der Waals surface area contributed by atoms with Crippen molar-refractivity contribution in [2.45, 2.75) is 32.2 Å². The van der Waals surface area contributed by atoms with Gasteiger partial charge in [0.25, 0.3) is 5.69 Å². The molecule has 18 heavy (non-hydrogen) atoms. The molecule has 1 rings (SSSR count). The van der Waals surface area contributed by atoms with Crippen molar-refractivity contribution < 1.29 is 10.0 Å². The number of hydrogen-bond acceptors (Lipinski definition) is 4. The topological polar surface area (TPSA) is 75.4 Å². The average Bonchev–Trinajstić information content (AvgIpc) is 2.37. The first kappa shape index (κ1) is 14.7. The minimum atomic E-state index is -0.543. The fourth-order valence-corrected chi connectivity index (χ4v) is 1.90. The largest absolute Gasteiger partial charge is 0.394 e. The second kappa shape index (κ2) is 6.02. The Bertz CT molecular complexity index is 425. The molecule has 0 atom stereocenters. The van der Waals surface area contributed by atoms with Gasteiger partial charge in [0.15, 0.2) is 0 Å². The van der Waals surface area contributed by atoms with E-state index in [1.54, 1.807) is 12.1 Å². The lowest BCUT2D eigenvalue weighted by Crippen LogP contribution is -2.41. The number of nitrogens with one attached hydrogen (secondary N) is 1. The maximum absolute atomic E-state index is 11.0. The van der Waals surface area contributed by atoms with Crippen LogP contribution in [-0.2, 0) is 0 Å². The molecule has 0 amide bonds. The molecule has 0 bridgehead atoms. The van der Waals surface area contributed by atoms with E-state index in [1.807, 2.05) is 13.8 Å². The number of nitro benzene ring substituents is 1. The third-order valence-electron chi connectivity index (χ3n) is 3.21. The molecule has 0 radical (unpaired) electrons. The predicted molar refractivity (Wildman–Crippen MR) is 72.1 cm³/mol. The van der Waals surface area contributed by atoms with Crippen molar-refractivity contribution in [3.63, 3.8) is 0 Å². The number of aliphatic hydroxyl groups is 1. The Balaban J connectivity index is 3.13. The predicted octanol–water partition coefficient (Wildman–Crippen LogP) is 3.21. The zero-order valence-corrected chi connectivity index (χ0v) is 11.2. The van der Waals surface area contributed by atoms with E-state index < -0.39 is 10.5 Å². The first-order valence-electron chi connectivity index (χ1n) is 5.81. The van der Waals surface area contributed by atoms with Crippen molar-refractivity contribution in [2.75, 3.05) is 11.9 Å². The first-order valence-corrected chi connectivity index (χ1v) is 6.18. The number of aliphatic hydroxyl groups excluding tert-OH is 1. The highest BCUT2D eigenvalue weighted by Gasteiger charge is 2.28. The summed E-state index contributed by atoms with van der Waals surface area (Å²) in [4.78, 5) is 10.5. The van der Waals surface area contributed by atoms with Crippen LogP contribution >= 0.6 is 11.6 Å².